The Hall–Kier alpha value is -2.07. The Morgan fingerprint density at radius 2 is 2.05 bits per heavy atom. The van der Waals surface area contributed by atoms with Crippen LogP contribution in [0.15, 0.2) is 36.4 Å². The van der Waals surface area contributed by atoms with Crippen molar-refractivity contribution in [1.29, 1.82) is 0 Å². The van der Waals surface area contributed by atoms with E-state index in [4.69, 9.17) is 17.3 Å². The molecule has 0 spiro atoms. The Morgan fingerprint density at radius 3 is 2.75 bits per heavy atom. The zero-order valence-electron chi connectivity index (χ0n) is 10.9. The van der Waals surface area contributed by atoms with Gasteiger partial charge >= 0.3 is 0 Å². The van der Waals surface area contributed by atoms with Crippen LogP contribution in [0.25, 0.3) is 0 Å². The molecule has 0 aromatic heterocycles. The first-order chi connectivity index (χ1) is 9.47. The summed E-state index contributed by atoms with van der Waals surface area (Å²) in [5.74, 6) is -0.753. The monoisotopic (exact) mass is 292 g/mol. The van der Waals surface area contributed by atoms with E-state index < -0.39 is 5.82 Å². The molecule has 5 heteroatoms. The second-order valence-electron chi connectivity index (χ2n) is 4.52. The number of anilines is 1. The lowest BCUT2D eigenvalue weighted by Crippen LogP contribution is -2.23. The standard InChI is InChI=1S/C15H14ClFN2O/c1-9-2-5-14(18)11(6-9)15(20)19-8-10-3-4-13(17)12(16)7-10/h2-7H,8,18H2,1H3,(H,19,20). The minimum Gasteiger partial charge on any atom is -0.398 e. The van der Waals surface area contributed by atoms with Gasteiger partial charge in [-0.25, -0.2) is 4.39 Å². The van der Waals surface area contributed by atoms with Gasteiger partial charge in [0.1, 0.15) is 5.82 Å². The summed E-state index contributed by atoms with van der Waals surface area (Å²) in [5.41, 5.74) is 8.29. The molecular weight excluding hydrogens is 279 g/mol. The van der Waals surface area contributed by atoms with Crippen LogP contribution in [0.5, 0.6) is 0 Å². The predicted octanol–water partition coefficient (Wildman–Crippen LogP) is 3.30. The Kier molecular flexibility index (Phi) is 4.25. The van der Waals surface area contributed by atoms with Crippen molar-refractivity contribution in [1.82, 2.24) is 5.32 Å². The molecule has 0 unspecified atom stereocenters. The molecule has 0 aliphatic carbocycles. The number of benzene rings is 2. The van der Waals surface area contributed by atoms with E-state index in [1.54, 1.807) is 18.2 Å². The largest absolute Gasteiger partial charge is 0.398 e. The van der Waals surface area contributed by atoms with E-state index in [0.29, 0.717) is 11.3 Å². The van der Waals surface area contributed by atoms with Crippen LogP contribution in [0.1, 0.15) is 21.5 Å². The average molecular weight is 293 g/mol. The molecule has 2 aromatic carbocycles. The number of carbonyl (C=O) groups excluding carboxylic acids is 1. The zero-order chi connectivity index (χ0) is 14.7. The summed E-state index contributed by atoms with van der Waals surface area (Å²) in [7, 11) is 0. The normalized spacial score (nSPS) is 10.3. The fraction of sp³-hybridized carbons (Fsp3) is 0.133. The smallest absolute Gasteiger partial charge is 0.253 e. The number of halogens is 2. The Balaban J connectivity index is 2.08. The van der Waals surface area contributed by atoms with Crippen LogP contribution in [0.3, 0.4) is 0 Å². The molecule has 20 heavy (non-hydrogen) atoms. The average Bonchev–Trinajstić information content (AvgIpc) is 2.42. The Morgan fingerprint density at radius 1 is 1.30 bits per heavy atom. The number of aryl methyl sites for hydroxylation is 1. The van der Waals surface area contributed by atoms with Crippen molar-refractivity contribution in [2.24, 2.45) is 0 Å². The number of carbonyl (C=O) groups is 1. The van der Waals surface area contributed by atoms with Crippen molar-refractivity contribution in [2.75, 3.05) is 5.73 Å². The van der Waals surface area contributed by atoms with Gasteiger partial charge in [0.25, 0.3) is 5.91 Å². The number of rotatable bonds is 3. The van der Waals surface area contributed by atoms with Crippen LogP contribution >= 0.6 is 11.6 Å². The van der Waals surface area contributed by atoms with Gasteiger partial charge in [0, 0.05) is 12.2 Å². The lowest BCUT2D eigenvalue weighted by molar-refractivity contribution is 0.0951. The molecule has 0 atom stereocenters. The van der Waals surface area contributed by atoms with Gasteiger partial charge in [0.2, 0.25) is 0 Å². The van der Waals surface area contributed by atoms with Crippen molar-refractivity contribution in [3.63, 3.8) is 0 Å². The highest BCUT2D eigenvalue weighted by Gasteiger charge is 2.10. The summed E-state index contributed by atoms with van der Waals surface area (Å²) in [6.07, 6.45) is 0. The highest BCUT2D eigenvalue weighted by Crippen LogP contribution is 2.17. The lowest BCUT2D eigenvalue weighted by atomic mass is 10.1. The summed E-state index contributed by atoms with van der Waals surface area (Å²) in [6, 6.07) is 9.58. The van der Waals surface area contributed by atoms with Gasteiger partial charge in [0.15, 0.2) is 0 Å². The van der Waals surface area contributed by atoms with Gasteiger partial charge in [-0.2, -0.15) is 0 Å². The molecule has 3 nitrogen and oxygen atoms in total. The molecule has 0 saturated carbocycles. The maximum absolute atomic E-state index is 13.0. The zero-order valence-corrected chi connectivity index (χ0v) is 11.7. The van der Waals surface area contributed by atoms with Crippen LogP contribution in [0, 0.1) is 12.7 Å². The van der Waals surface area contributed by atoms with Crippen molar-refractivity contribution in [3.05, 3.63) is 63.9 Å². The first-order valence-corrected chi connectivity index (χ1v) is 6.43. The third kappa shape index (κ3) is 3.27. The molecule has 0 radical (unpaired) electrons. The summed E-state index contributed by atoms with van der Waals surface area (Å²) in [4.78, 5) is 12.0. The molecule has 0 aliphatic heterocycles. The van der Waals surface area contributed by atoms with E-state index >= 15 is 0 Å². The summed E-state index contributed by atoms with van der Waals surface area (Å²) < 4.78 is 13.0. The summed E-state index contributed by atoms with van der Waals surface area (Å²) in [5, 5.41) is 2.76. The molecule has 2 rings (SSSR count). The van der Waals surface area contributed by atoms with E-state index in [9.17, 15) is 9.18 Å². The minimum absolute atomic E-state index is 0.0341. The van der Waals surface area contributed by atoms with Crippen molar-refractivity contribution >= 4 is 23.2 Å². The molecule has 1 amide bonds. The quantitative estimate of drug-likeness (QED) is 0.853. The van der Waals surface area contributed by atoms with Crippen LogP contribution < -0.4 is 11.1 Å². The predicted molar refractivity (Wildman–Crippen MR) is 78.2 cm³/mol. The maximum atomic E-state index is 13.0. The number of nitrogen functional groups attached to an aromatic ring is 1. The molecule has 2 aromatic rings. The highest BCUT2D eigenvalue weighted by molar-refractivity contribution is 6.30. The van der Waals surface area contributed by atoms with Gasteiger partial charge < -0.3 is 11.1 Å². The van der Waals surface area contributed by atoms with Crippen LogP contribution in [0.2, 0.25) is 5.02 Å². The van der Waals surface area contributed by atoms with Crippen LogP contribution in [-0.2, 0) is 6.54 Å². The Bertz CT molecular complexity index is 658. The molecule has 0 aliphatic rings. The Labute approximate surface area is 121 Å². The van der Waals surface area contributed by atoms with E-state index in [0.717, 1.165) is 11.1 Å². The van der Waals surface area contributed by atoms with Crippen molar-refractivity contribution < 1.29 is 9.18 Å². The second-order valence-corrected chi connectivity index (χ2v) is 4.93. The third-order valence-corrected chi connectivity index (χ3v) is 3.18. The highest BCUT2D eigenvalue weighted by atomic mass is 35.5. The number of nitrogens with one attached hydrogen (secondary N) is 1. The topological polar surface area (TPSA) is 55.1 Å². The first kappa shape index (κ1) is 14.3. The third-order valence-electron chi connectivity index (χ3n) is 2.89. The molecule has 0 heterocycles. The van der Waals surface area contributed by atoms with Gasteiger partial charge in [-0.15, -0.1) is 0 Å². The molecule has 0 saturated heterocycles. The minimum atomic E-state index is -0.482. The van der Waals surface area contributed by atoms with Gasteiger partial charge in [-0.1, -0.05) is 29.3 Å². The maximum Gasteiger partial charge on any atom is 0.253 e. The number of hydrogen-bond acceptors (Lipinski definition) is 2. The summed E-state index contributed by atoms with van der Waals surface area (Å²) in [6.45, 7) is 2.14. The lowest BCUT2D eigenvalue weighted by Gasteiger charge is -2.09. The molecule has 0 bridgehead atoms. The van der Waals surface area contributed by atoms with Crippen molar-refractivity contribution in [3.8, 4) is 0 Å². The van der Waals surface area contributed by atoms with Crippen LogP contribution in [-0.4, -0.2) is 5.91 Å². The van der Waals surface area contributed by atoms with E-state index in [1.165, 1.54) is 12.1 Å². The molecular formula is C15H14ClFN2O. The number of amides is 1. The van der Waals surface area contributed by atoms with E-state index in [2.05, 4.69) is 5.32 Å². The number of nitrogens with two attached hydrogens (primary N) is 1. The fourth-order valence-electron chi connectivity index (χ4n) is 1.79. The molecule has 3 N–H and O–H groups in total. The molecule has 104 valence electrons. The van der Waals surface area contributed by atoms with E-state index in [-0.39, 0.29) is 17.5 Å². The van der Waals surface area contributed by atoms with E-state index in [1.807, 2.05) is 13.0 Å². The van der Waals surface area contributed by atoms with Crippen LogP contribution in [0.4, 0.5) is 10.1 Å². The number of hydrogen-bond donors (Lipinski definition) is 2. The SMILES string of the molecule is Cc1ccc(N)c(C(=O)NCc2ccc(F)c(Cl)c2)c1. The first-order valence-electron chi connectivity index (χ1n) is 6.05. The fourth-order valence-corrected chi connectivity index (χ4v) is 2.00. The van der Waals surface area contributed by atoms with Gasteiger partial charge in [-0.3, -0.25) is 4.79 Å². The second kappa shape index (κ2) is 5.92. The molecule has 0 fully saturated rings. The van der Waals surface area contributed by atoms with Gasteiger partial charge in [0.05, 0.1) is 10.6 Å². The van der Waals surface area contributed by atoms with Gasteiger partial charge in [-0.05, 0) is 36.8 Å². The summed E-state index contributed by atoms with van der Waals surface area (Å²) >= 11 is 5.68. The van der Waals surface area contributed by atoms with Crippen molar-refractivity contribution in [2.45, 2.75) is 13.5 Å².